The fourth-order valence-electron chi connectivity index (χ4n) is 0.873. The van der Waals surface area contributed by atoms with Gasteiger partial charge in [-0.1, -0.05) is 0 Å². The molecule has 0 spiro atoms. The molecule has 1 aromatic rings. The molecule has 2 rings (SSSR count). The molecule has 2 N–H and O–H groups in total. The van der Waals surface area contributed by atoms with Crippen LogP contribution >= 0.6 is 0 Å². The van der Waals surface area contributed by atoms with Crippen molar-refractivity contribution in [2.24, 2.45) is 0 Å². The zero-order valence-electron chi connectivity index (χ0n) is 7.19. The highest BCUT2D eigenvalue weighted by molar-refractivity contribution is 4.84. The molecule has 0 saturated carbocycles. The fraction of sp³-hybridized carbons (Fsp3) is 0.500. The number of halogens is 1. The number of hydrogen-bond donors (Lipinski definition) is 2. The van der Waals surface area contributed by atoms with Crippen LogP contribution in [-0.4, -0.2) is 41.3 Å². The van der Waals surface area contributed by atoms with Crippen molar-refractivity contribution in [1.29, 1.82) is 0 Å². The van der Waals surface area contributed by atoms with Crippen molar-refractivity contribution in [2.75, 3.05) is 19.7 Å². The van der Waals surface area contributed by atoms with Crippen molar-refractivity contribution in [3.05, 3.63) is 24.5 Å². The van der Waals surface area contributed by atoms with Crippen LogP contribution in [0.3, 0.4) is 0 Å². The summed E-state index contributed by atoms with van der Waals surface area (Å²) < 4.78 is 16.5. The van der Waals surface area contributed by atoms with Gasteiger partial charge < -0.3 is 14.9 Å². The Morgan fingerprint density at radius 1 is 1.46 bits per heavy atom. The molecule has 2 heterocycles. The van der Waals surface area contributed by atoms with Gasteiger partial charge in [0.2, 0.25) is 6.36 Å². The lowest BCUT2D eigenvalue weighted by Crippen LogP contribution is -2.37. The molecular weight excluding hydrogens is 175 g/mol. The van der Waals surface area contributed by atoms with E-state index in [1.165, 1.54) is 0 Å². The van der Waals surface area contributed by atoms with E-state index in [0.717, 1.165) is 5.06 Å². The molecule has 0 amide bonds. The van der Waals surface area contributed by atoms with E-state index in [-0.39, 0.29) is 13.2 Å². The largest absolute Gasteiger partial charge is 0.368 e. The van der Waals surface area contributed by atoms with E-state index in [9.17, 15) is 4.39 Å². The molecule has 1 fully saturated rings. The van der Waals surface area contributed by atoms with Crippen molar-refractivity contribution in [3.63, 3.8) is 0 Å². The van der Waals surface area contributed by atoms with E-state index in [2.05, 4.69) is 9.72 Å². The van der Waals surface area contributed by atoms with Gasteiger partial charge in [-0.25, -0.2) is 4.39 Å². The number of hydrogen-bond acceptors (Lipinski definition) is 3. The number of nitrogens with one attached hydrogen (secondary N) is 1. The van der Waals surface area contributed by atoms with Crippen LogP contribution in [0.1, 0.15) is 0 Å². The van der Waals surface area contributed by atoms with Crippen LogP contribution in [0, 0.1) is 0 Å². The normalized spacial score (nSPS) is 23.4. The van der Waals surface area contributed by atoms with Gasteiger partial charge in [0.25, 0.3) is 0 Å². The molecule has 1 saturated heterocycles. The third kappa shape index (κ3) is 4.62. The van der Waals surface area contributed by atoms with Crippen molar-refractivity contribution in [1.82, 2.24) is 10.0 Å². The maximum absolute atomic E-state index is 12.0. The highest BCUT2D eigenvalue weighted by atomic mass is 19.1. The van der Waals surface area contributed by atoms with Gasteiger partial charge in [-0.3, -0.25) is 0 Å². The Balaban J connectivity index is 0.000000145. The molecule has 1 aromatic heterocycles. The maximum Gasteiger partial charge on any atom is 0.214 e. The van der Waals surface area contributed by atoms with E-state index in [1.807, 2.05) is 24.5 Å². The van der Waals surface area contributed by atoms with Crippen LogP contribution in [-0.2, 0) is 4.74 Å². The van der Waals surface area contributed by atoms with Gasteiger partial charge in [-0.05, 0) is 12.1 Å². The highest BCUT2D eigenvalue weighted by Gasteiger charge is 2.16. The molecule has 0 aromatic carbocycles. The fourth-order valence-corrected chi connectivity index (χ4v) is 0.873. The first-order chi connectivity index (χ1) is 6.29. The zero-order valence-corrected chi connectivity index (χ0v) is 7.19. The minimum Gasteiger partial charge on any atom is -0.368 e. The van der Waals surface area contributed by atoms with Crippen LogP contribution in [0.2, 0.25) is 0 Å². The number of H-pyrrole nitrogens is 1. The molecule has 5 heteroatoms. The number of rotatable bonds is 0. The third-order valence-corrected chi connectivity index (χ3v) is 1.50. The Kier molecular flexibility index (Phi) is 4.45. The molecule has 1 atom stereocenters. The summed E-state index contributed by atoms with van der Waals surface area (Å²) in [6.45, 7) is 0.651. The van der Waals surface area contributed by atoms with Crippen molar-refractivity contribution >= 4 is 0 Å². The van der Waals surface area contributed by atoms with Gasteiger partial charge in [0, 0.05) is 18.9 Å². The van der Waals surface area contributed by atoms with Crippen LogP contribution in [0.4, 0.5) is 4.39 Å². The summed E-state index contributed by atoms with van der Waals surface area (Å²) in [5, 5.41) is 9.50. The standard InChI is InChI=1S/C4H8FNO2.C4H5N/c5-4-3-6(7)1-2-8-4;1-2-4-5-3-1/h4,7H,1-3H2;1-5H. The monoisotopic (exact) mass is 188 g/mol. The molecule has 1 aliphatic heterocycles. The van der Waals surface area contributed by atoms with Gasteiger partial charge in [0.05, 0.1) is 13.2 Å². The minimum atomic E-state index is -1.31. The van der Waals surface area contributed by atoms with Gasteiger partial charge in [0.15, 0.2) is 0 Å². The van der Waals surface area contributed by atoms with E-state index in [4.69, 9.17) is 5.21 Å². The van der Waals surface area contributed by atoms with Crippen molar-refractivity contribution in [3.8, 4) is 0 Å². The molecule has 1 unspecified atom stereocenters. The molecular formula is C8H13FN2O2. The van der Waals surface area contributed by atoms with Gasteiger partial charge in [-0.15, -0.1) is 0 Å². The topological polar surface area (TPSA) is 48.5 Å². The number of ether oxygens (including phenoxy) is 1. The Labute approximate surface area is 75.9 Å². The zero-order chi connectivity index (χ0) is 9.52. The summed E-state index contributed by atoms with van der Waals surface area (Å²) in [5.41, 5.74) is 0. The average Bonchev–Trinajstić information content (AvgIpc) is 2.59. The molecule has 74 valence electrons. The number of aromatic amines is 1. The van der Waals surface area contributed by atoms with E-state index in [1.54, 1.807) is 0 Å². The first-order valence-electron chi connectivity index (χ1n) is 4.06. The predicted molar refractivity (Wildman–Crippen MR) is 45.0 cm³/mol. The quantitative estimate of drug-likeness (QED) is 0.639. The summed E-state index contributed by atoms with van der Waals surface area (Å²) in [7, 11) is 0. The molecule has 4 nitrogen and oxygen atoms in total. The summed E-state index contributed by atoms with van der Waals surface area (Å²) in [6, 6.07) is 3.89. The van der Waals surface area contributed by atoms with Gasteiger partial charge in [0.1, 0.15) is 0 Å². The van der Waals surface area contributed by atoms with E-state index in [0.29, 0.717) is 6.54 Å². The second kappa shape index (κ2) is 5.69. The number of aromatic nitrogens is 1. The molecule has 13 heavy (non-hydrogen) atoms. The Bertz CT molecular complexity index is 181. The second-order valence-electron chi connectivity index (χ2n) is 2.58. The Morgan fingerprint density at radius 2 is 2.15 bits per heavy atom. The van der Waals surface area contributed by atoms with Gasteiger partial charge >= 0.3 is 0 Å². The number of alkyl halides is 1. The average molecular weight is 188 g/mol. The number of morpholine rings is 1. The van der Waals surface area contributed by atoms with Crippen LogP contribution in [0.5, 0.6) is 0 Å². The second-order valence-corrected chi connectivity index (χ2v) is 2.58. The van der Waals surface area contributed by atoms with Crippen LogP contribution < -0.4 is 0 Å². The Hall–Kier alpha value is -0.910. The lowest BCUT2D eigenvalue weighted by atomic mass is 10.5. The van der Waals surface area contributed by atoms with E-state index < -0.39 is 6.36 Å². The SMILES string of the molecule is ON1CCOC(F)C1.c1cc[nH]c1. The van der Waals surface area contributed by atoms with E-state index >= 15 is 0 Å². The predicted octanol–water partition coefficient (Wildman–Crippen LogP) is 1.02. The maximum atomic E-state index is 12.0. The summed E-state index contributed by atoms with van der Waals surface area (Å²) in [6.07, 6.45) is 2.44. The summed E-state index contributed by atoms with van der Waals surface area (Å²) in [5.74, 6) is 0. The van der Waals surface area contributed by atoms with Gasteiger partial charge in [-0.2, -0.15) is 5.06 Å². The lowest BCUT2D eigenvalue weighted by Gasteiger charge is -2.22. The first kappa shape index (κ1) is 10.2. The Morgan fingerprint density at radius 3 is 2.46 bits per heavy atom. The number of nitrogens with zero attached hydrogens (tertiary/aromatic N) is 1. The van der Waals surface area contributed by atoms with Crippen LogP contribution in [0.15, 0.2) is 24.5 Å². The molecule has 0 aliphatic carbocycles. The van der Waals surface area contributed by atoms with Crippen molar-refractivity contribution in [2.45, 2.75) is 6.36 Å². The third-order valence-electron chi connectivity index (χ3n) is 1.50. The molecule has 0 radical (unpaired) electrons. The van der Waals surface area contributed by atoms with Crippen LogP contribution in [0.25, 0.3) is 0 Å². The first-order valence-corrected chi connectivity index (χ1v) is 4.06. The minimum absolute atomic E-state index is 0.0278. The highest BCUT2D eigenvalue weighted by Crippen LogP contribution is 2.01. The smallest absolute Gasteiger partial charge is 0.214 e. The summed E-state index contributed by atoms with van der Waals surface area (Å²) >= 11 is 0. The number of hydroxylamine groups is 2. The molecule has 0 bridgehead atoms. The molecule has 1 aliphatic rings. The summed E-state index contributed by atoms with van der Waals surface area (Å²) in [4.78, 5) is 2.86. The van der Waals surface area contributed by atoms with Crippen molar-refractivity contribution < 1.29 is 14.3 Å². The lowest BCUT2D eigenvalue weighted by molar-refractivity contribution is -0.199.